The van der Waals surface area contributed by atoms with E-state index in [4.69, 9.17) is 16.3 Å². The van der Waals surface area contributed by atoms with Gasteiger partial charge in [0.05, 0.1) is 16.0 Å². The van der Waals surface area contributed by atoms with Crippen LogP contribution in [0.4, 0.5) is 4.39 Å². The van der Waals surface area contributed by atoms with Crippen LogP contribution in [-0.4, -0.2) is 50.4 Å². The summed E-state index contributed by atoms with van der Waals surface area (Å²) in [5.41, 5.74) is 1.08. The quantitative estimate of drug-likeness (QED) is 0.572. The first-order valence-corrected chi connectivity index (χ1v) is 12.5. The first kappa shape index (κ1) is 22.5. The molecule has 0 radical (unpaired) electrons. The molecule has 2 aromatic carbocycles. The Morgan fingerprint density at radius 3 is 2.58 bits per heavy atom. The Morgan fingerprint density at radius 1 is 1.16 bits per heavy atom. The van der Waals surface area contributed by atoms with Crippen molar-refractivity contribution in [2.75, 3.05) is 26.7 Å². The number of nitrogens with zero attached hydrogens (tertiary/aromatic N) is 2. The SMILES string of the molecule is CN(CC1CC(Oc2cccc(CN3CCCC3)c2Cl)C1)S(=O)(=O)c1cccc(F)c1. The molecule has 31 heavy (non-hydrogen) atoms. The molecule has 0 N–H and O–H groups in total. The Labute approximate surface area is 188 Å². The Hall–Kier alpha value is -1.67. The number of halogens is 2. The maximum Gasteiger partial charge on any atom is 0.242 e. The highest BCUT2D eigenvalue weighted by molar-refractivity contribution is 7.89. The lowest BCUT2D eigenvalue weighted by Gasteiger charge is -2.37. The van der Waals surface area contributed by atoms with Gasteiger partial charge in [-0.3, -0.25) is 4.90 Å². The molecule has 1 saturated heterocycles. The van der Waals surface area contributed by atoms with Crippen LogP contribution in [0.25, 0.3) is 0 Å². The Morgan fingerprint density at radius 2 is 1.87 bits per heavy atom. The third-order valence-corrected chi connectivity index (χ3v) is 8.39. The van der Waals surface area contributed by atoms with Gasteiger partial charge in [-0.1, -0.05) is 29.8 Å². The number of benzene rings is 2. The molecule has 0 aromatic heterocycles. The van der Waals surface area contributed by atoms with E-state index < -0.39 is 15.8 Å². The number of rotatable bonds is 8. The first-order chi connectivity index (χ1) is 14.8. The summed E-state index contributed by atoms with van der Waals surface area (Å²) < 4.78 is 46.2. The minimum Gasteiger partial charge on any atom is -0.489 e. The molecule has 4 rings (SSSR count). The van der Waals surface area contributed by atoms with Gasteiger partial charge in [0, 0.05) is 20.1 Å². The van der Waals surface area contributed by atoms with Gasteiger partial charge < -0.3 is 4.74 Å². The number of hydrogen-bond donors (Lipinski definition) is 0. The van der Waals surface area contributed by atoms with E-state index >= 15 is 0 Å². The monoisotopic (exact) mass is 466 g/mol. The molecule has 1 aliphatic carbocycles. The predicted molar refractivity (Wildman–Crippen MR) is 119 cm³/mol. The van der Waals surface area contributed by atoms with Gasteiger partial charge in [0.15, 0.2) is 0 Å². The number of sulfonamides is 1. The normalized spacial score (nSPS) is 21.9. The molecule has 168 valence electrons. The highest BCUT2D eigenvalue weighted by Gasteiger charge is 2.35. The van der Waals surface area contributed by atoms with Crippen molar-refractivity contribution < 1.29 is 17.5 Å². The second kappa shape index (κ2) is 9.45. The number of ether oxygens (including phenoxy) is 1. The Balaban J connectivity index is 1.30. The van der Waals surface area contributed by atoms with E-state index in [0.29, 0.717) is 17.3 Å². The molecule has 2 fully saturated rings. The molecule has 8 heteroatoms. The van der Waals surface area contributed by atoms with Gasteiger partial charge in [0.1, 0.15) is 11.6 Å². The summed E-state index contributed by atoms with van der Waals surface area (Å²) in [6.45, 7) is 3.43. The zero-order valence-electron chi connectivity index (χ0n) is 17.6. The fraction of sp³-hybridized carbons (Fsp3) is 0.478. The molecule has 0 amide bonds. The fourth-order valence-corrected chi connectivity index (χ4v) is 5.83. The van der Waals surface area contributed by atoms with Gasteiger partial charge in [0.2, 0.25) is 10.0 Å². The summed E-state index contributed by atoms with van der Waals surface area (Å²) in [6, 6.07) is 11.0. The van der Waals surface area contributed by atoms with Gasteiger partial charge in [-0.05, 0) is 74.5 Å². The van der Waals surface area contributed by atoms with E-state index in [1.54, 1.807) is 0 Å². The largest absolute Gasteiger partial charge is 0.489 e. The molecular weight excluding hydrogens is 439 g/mol. The molecule has 0 atom stereocenters. The van der Waals surface area contributed by atoms with Crippen molar-refractivity contribution in [3.8, 4) is 5.75 Å². The maximum atomic E-state index is 13.4. The average molecular weight is 467 g/mol. The highest BCUT2D eigenvalue weighted by atomic mass is 35.5. The van der Waals surface area contributed by atoms with E-state index in [2.05, 4.69) is 4.90 Å². The van der Waals surface area contributed by atoms with Gasteiger partial charge in [-0.2, -0.15) is 0 Å². The van der Waals surface area contributed by atoms with Crippen molar-refractivity contribution in [2.45, 2.75) is 43.2 Å². The molecule has 1 aliphatic heterocycles. The molecule has 2 aliphatic rings. The zero-order chi connectivity index (χ0) is 22.0. The molecule has 1 heterocycles. The average Bonchev–Trinajstić information content (AvgIpc) is 3.22. The minimum atomic E-state index is -3.71. The Kier molecular flexibility index (Phi) is 6.86. The lowest BCUT2D eigenvalue weighted by Crippen LogP contribution is -2.41. The van der Waals surface area contributed by atoms with Gasteiger partial charge in [0.25, 0.3) is 0 Å². The van der Waals surface area contributed by atoms with Crippen LogP contribution in [0.3, 0.4) is 0 Å². The van der Waals surface area contributed by atoms with Crippen LogP contribution in [0.1, 0.15) is 31.2 Å². The van der Waals surface area contributed by atoms with Crippen molar-refractivity contribution in [2.24, 2.45) is 5.92 Å². The third kappa shape index (κ3) is 5.22. The molecule has 0 bridgehead atoms. The number of hydrogen-bond acceptors (Lipinski definition) is 4. The molecule has 0 unspecified atom stereocenters. The first-order valence-electron chi connectivity index (χ1n) is 10.7. The molecule has 0 spiro atoms. The van der Waals surface area contributed by atoms with E-state index in [-0.39, 0.29) is 16.9 Å². The summed E-state index contributed by atoms with van der Waals surface area (Å²) >= 11 is 6.60. The van der Waals surface area contributed by atoms with Crippen LogP contribution in [0.2, 0.25) is 5.02 Å². The lowest BCUT2D eigenvalue weighted by molar-refractivity contribution is 0.0575. The third-order valence-electron chi connectivity index (χ3n) is 6.14. The van der Waals surface area contributed by atoms with Gasteiger partial charge in [-0.15, -0.1) is 0 Å². The minimum absolute atomic E-state index is 0.0230. The van der Waals surface area contributed by atoms with Crippen molar-refractivity contribution in [1.82, 2.24) is 9.21 Å². The van der Waals surface area contributed by atoms with Gasteiger partial charge >= 0.3 is 0 Å². The van der Waals surface area contributed by atoms with Crippen LogP contribution in [-0.2, 0) is 16.6 Å². The topological polar surface area (TPSA) is 49.9 Å². The fourth-order valence-electron chi connectivity index (χ4n) is 4.32. The van der Waals surface area contributed by atoms with E-state index in [1.165, 1.54) is 42.4 Å². The van der Waals surface area contributed by atoms with Gasteiger partial charge in [-0.25, -0.2) is 17.1 Å². The van der Waals surface area contributed by atoms with Crippen molar-refractivity contribution in [3.63, 3.8) is 0 Å². The molecule has 2 aromatic rings. The predicted octanol–water partition coefficient (Wildman–Crippen LogP) is 4.55. The number of likely N-dealkylation sites (tertiary alicyclic amines) is 1. The molecule has 5 nitrogen and oxygen atoms in total. The lowest BCUT2D eigenvalue weighted by atomic mass is 9.82. The molecule has 1 saturated carbocycles. The van der Waals surface area contributed by atoms with E-state index in [0.717, 1.165) is 44.1 Å². The van der Waals surface area contributed by atoms with E-state index in [9.17, 15) is 12.8 Å². The van der Waals surface area contributed by atoms with Crippen LogP contribution >= 0.6 is 11.6 Å². The van der Waals surface area contributed by atoms with Crippen molar-refractivity contribution in [3.05, 3.63) is 58.9 Å². The van der Waals surface area contributed by atoms with Crippen LogP contribution < -0.4 is 4.74 Å². The maximum absolute atomic E-state index is 13.4. The standard InChI is InChI=1S/C23H28ClFN2O3S/c1-26(31(28,29)21-8-5-7-19(25)14-21)15-17-12-20(13-17)30-22-9-4-6-18(23(22)24)16-27-10-2-3-11-27/h4-9,14,17,20H,2-3,10-13,15-16H2,1H3. The molecular formula is C23H28ClFN2O3S. The second-order valence-electron chi connectivity index (χ2n) is 8.53. The summed E-state index contributed by atoms with van der Waals surface area (Å²) in [4.78, 5) is 2.38. The zero-order valence-corrected chi connectivity index (χ0v) is 19.2. The van der Waals surface area contributed by atoms with Crippen LogP contribution in [0, 0.1) is 11.7 Å². The van der Waals surface area contributed by atoms with Crippen molar-refractivity contribution >= 4 is 21.6 Å². The summed E-state index contributed by atoms with van der Waals surface area (Å²) in [6.07, 6.45) is 4.02. The highest BCUT2D eigenvalue weighted by Crippen LogP contribution is 2.37. The second-order valence-corrected chi connectivity index (χ2v) is 11.0. The van der Waals surface area contributed by atoms with Crippen LogP contribution in [0.15, 0.2) is 47.4 Å². The summed E-state index contributed by atoms with van der Waals surface area (Å²) in [5.74, 6) is 0.336. The van der Waals surface area contributed by atoms with Crippen molar-refractivity contribution in [1.29, 1.82) is 0 Å². The smallest absolute Gasteiger partial charge is 0.242 e. The summed E-state index contributed by atoms with van der Waals surface area (Å²) in [5, 5.41) is 0.670. The summed E-state index contributed by atoms with van der Waals surface area (Å²) in [7, 11) is -2.17. The van der Waals surface area contributed by atoms with Crippen LogP contribution in [0.5, 0.6) is 5.75 Å². The van der Waals surface area contributed by atoms with E-state index in [1.807, 2.05) is 18.2 Å². The Bertz CT molecular complexity index is 1020.